The second kappa shape index (κ2) is 5.57. The topological polar surface area (TPSA) is 27.7 Å². The fraction of sp³-hybridized carbons (Fsp3) is 0.400. The Hall–Kier alpha value is -1.91. The van der Waals surface area contributed by atoms with E-state index in [0.29, 0.717) is 25.9 Å². The molecule has 0 N–H and O–H groups in total. The van der Waals surface area contributed by atoms with Gasteiger partial charge in [0.1, 0.15) is 11.9 Å². The van der Waals surface area contributed by atoms with E-state index in [1.165, 1.54) is 0 Å². The Morgan fingerprint density at radius 3 is 2.79 bits per heavy atom. The van der Waals surface area contributed by atoms with Gasteiger partial charge in [-0.15, -0.1) is 0 Å². The van der Waals surface area contributed by atoms with Crippen LogP contribution in [0.25, 0.3) is 10.8 Å². The van der Waals surface area contributed by atoms with Crippen LogP contribution in [0.1, 0.15) is 24.8 Å². The smallest absolute Gasteiger partial charge is 0.239 e. The van der Waals surface area contributed by atoms with Crippen molar-refractivity contribution in [3.8, 4) is 0 Å². The Morgan fingerprint density at radius 2 is 2.00 bits per heavy atom. The van der Waals surface area contributed by atoms with Gasteiger partial charge in [0.05, 0.1) is 0 Å². The first kappa shape index (κ1) is 15.6. The monoisotopic (exact) mass is 328 g/mol. The second-order valence-corrected chi connectivity index (χ2v) is 6.57. The molecule has 2 saturated heterocycles. The van der Waals surface area contributed by atoms with Crippen molar-refractivity contribution >= 4 is 10.8 Å². The van der Waals surface area contributed by atoms with Crippen LogP contribution in [-0.2, 0) is 20.0 Å². The highest BCUT2D eigenvalue weighted by Crippen LogP contribution is 2.50. The summed E-state index contributed by atoms with van der Waals surface area (Å²) in [4.78, 5) is 0. The highest BCUT2D eigenvalue weighted by molar-refractivity contribution is 5.83. The van der Waals surface area contributed by atoms with Crippen molar-refractivity contribution < 1.29 is 18.6 Å². The molecule has 2 aromatic rings. The van der Waals surface area contributed by atoms with Crippen LogP contribution in [0.2, 0.25) is 0 Å². The molecular formula is C20H21FO3. The molecule has 0 radical (unpaired) electrons. The summed E-state index contributed by atoms with van der Waals surface area (Å²) in [5, 5.41) is 2.22. The van der Waals surface area contributed by atoms with E-state index in [1.54, 1.807) is 7.11 Å². The van der Waals surface area contributed by atoms with Crippen LogP contribution >= 0.6 is 0 Å². The molecule has 0 amide bonds. The minimum atomic E-state index is -1.63. The predicted octanol–water partition coefficient (Wildman–Crippen LogP) is 4.46. The van der Waals surface area contributed by atoms with Crippen LogP contribution in [0.4, 0.5) is 4.39 Å². The first-order valence-corrected chi connectivity index (χ1v) is 8.31. The van der Waals surface area contributed by atoms with Crippen LogP contribution in [0.5, 0.6) is 0 Å². The third kappa shape index (κ3) is 2.25. The highest BCUT2D eigenvalue weighted by Gasteiger charge is 2.57. The van der Waals surface area contributed by atoms with Crippen LogP contribution in [0.3, 0.4) is 0 Å². The lowest BCUT2D eigenvalue weighted by atomic mass is 9.81. The first-order chi connectivity index (χ1) is 11.6. The lowest BCUT2D eigenvalue weighted by Gasteiger charge is -2.49. The van der Waals surface area contributed by atoms with Crippen LogP contribution in [0.15, 0.2) is 54.8 Å². The summed E-state index contributed by atoms with van der Waals surface area (Å²) in [7, 11) is 1.58. The molecule has 0 aliphatic carbocycles. The molecule has 126 valence electrons. The highest BCUT2D eigenvalue weighted by atomic mass is 19.1. The van der Waals surface area contributed by atoms with E-state index in [4.69, 9.17) is 14.2 Å². The quantitative estimate of drug-likeness (QED) is 0.814. The maximum Gasteiger partial charge on any atom is 0.239 e. The van der Waals surface area contributed by atoms with Crippen molar-refractivity contribution in [3.63, 3.8) is 0 Å². The average molecular weight is 328 g/mol. The predicted molar refractivity (Wildman–Crippen MR) is 90.3 cm³/mol. The summed E-state index contributed by atoms with van der Waals surface area (Å²) < 4.78 is 32.7. The van der Waals surface area contributed by atoms with E-state index < -0.39 is 17.6 Å². The van der Waals surface area contributed by atoms with Crippen molar-refractivity contribution in [1.82, 2.24) is 0 Å². The number of ether oxygens (including phenoxy) is 3. The number of rotatable bonds is 2. The van der Waals surface area contributed by atoms with Crippen LogP contribution < -0.4 is 0 Å². The molecule has 2 heterocycles. The van der Waals surface area contributed by atoms with E-state index in [9.17, 15) is 0 Å². The Bertz CT molecular complexity index is 789. The fourth-order valence-corrected chi connectivity index (χ4v) is 3.80. The first-order valence-electron chi connectivity index (χ1n) is 8.31. The van der Waals surface area contributed by atoms with E-state index in [2.05, 4.69) is 12.6 Å². The van der Waals surface area contributed by atoms with Gasteiger partial charge in [-0.1, -0.05) is 43.0 Å². The number of hydrogen-bond acceptors (Lipinski definition) is 3. The third-order valence-corrected chi connectivity index (χ3v) is 5.24. The Labute approximate surface area is 141 Å². The van der Waals surface area contributed by atoms with Gasteiger partial charge in [-0.2, -0.15) is 0 Å². The number of methoxy groups -OCH3 is 1. The minimum absolute atomic E-state index is 0.105. The molecule has 2 aromatic carbocycles. The van der Waals surface area contributed by atoms with Gasteiger partial charge in [-0.25, -0.2) is 4.39 Å². The fourth-order valence-electron chi connectivity index (χ4n) is 3.80. The molecule has 4 heteroatoms. The maximum absolute atomic E-state index is 15.3. The summed E-state index contributed by atoms with van der Waals surface area (Å²) in [6.45, 7) is 4.40. The molecule has 1 unspecified atom stereocenters. The van der Waals surface area contributed by atoms with E-state index in [-0.39, 0.29) is 5.76 Å². The van der Waals surface area contributed by atoms with Crippen molar-refractivity contribution in [3.05, 3.63) is 60.4 Å². The molecule has 24 heavy (non-hydrogen) atoms. The molecule has 0 bridgehead atoms. The SMILES string of the molecule is C=C1O[C@](OC)(c2ccc3ccccc3c2)C[C@@H]2OCCCC12F. The molecule has 3 atom stereocenters. The zero-order chi connectivity index (χ0) is 16.8. The molecule has 0 aromatic heterocycles. The Balaban J connectivity index is 1.77. The van der Waals surface area contributed by atoms with E-state index in [0.717, 1.165) is 16.3 Å². The number of alkyl halides is 1. The van der Waals surface area contributed by atoms with Crippen molar-refractivity contribution in [2.75, 3.05) is 13.7 Å². The molecular weight excluding hydrogens is 307 g/mol. The summed E-state index contributed by atoms with van der Waals surface area (Å²) in [5.74, 6) is -0.966. The molecule has 2 aliphatic heterocycles. The average Bonchev–Trinajstić information content (AvgIpc) is 2.62. The summed E-state index contributed by atoms with van der Waals surface area (Å²) in [6.07, 6.45) is 0.760. The lowest BCUT2D eigenvalue weighted by molar-refractivity contribution is -0.285. The molecule has 0 saturated carbocycles. The largest absolute Gasteiger partial charge is 0.459 e. The van der Waals surface area contributed by atoms with Crippen LogP contribution in [0, 0.1) is 0 Å². The lowest BCUT2D eigenvalue weighted by Crippen LogP contribution is -2.55. The molecule has 2 fully saturated rings. The van der Waals surface area contributed by atoms with E-state index >= 15 is 4.39 Å². The zero-order valence-electron chi connectivity index (χ0n) is 13.8. The van der Waals surface area contributed by atoms with Gasteiger partial charge in [-0.3, -0.25) is 0 Å². The normalized spacial score (nSPS) is 33.1. The number of benzene rings is 2. The van der Waals surface area contributed by atoms with Crippen molar-refractivity contribution in [2.45, 2.75) is 36.8 Å². The molecule has 0 spiro atoms. The van der Waals surface area contributed by atoms with Gasteiger partial charge >= 0.3 is 0 Å². The van der Waals surface area contributed by atoms with Gasteiger partial charge < -0.3 is 14.2 Å². The van der Waals surface area contributed by atoms with E-state index in [1.807, 2.05) is 36.4 Å². The molecule has 4 rings (SSSR count). The molecule has 3 nitrogen and oxygen atoms in total. The van der Waals surface area contributed by atoms with Gasteiger partial charge in [0.15, 0.2) is 5.67 Å². The number of fused-ring (bicyclic) bond motifs is 2. The van der Waals surface area contributed by atoms with Crippen molar-refractivity contribution in [1.29, 1.82) is 0 Å². The molecule has 2 aliphatic rings. The van der Waals surface area contributed by atoms with Crippen LogP contribution in [-0.4, -0.2) is 25.5 Å². The Kier molecular flexibility index (Phi) is 3.62. The zero-order valence-corrected chi connectivity index (χ0v) is 13.8. The van der Waals surface area contributed by atoms with Crippen molar-refractivity contribution in [2.24, 2.45) is 0 Å². The number of halogens is 1. The summed E-state index contributed by atoms with van der Waals surface area (Å²) >= 11 is 0. The number of hydrogen-bond donors (Lipinski definition) is 0. The van der Waals surface area contributed by atoms with Gasteiger partial charge in [0, 0.05) is 25.7 Å². The maximum atomic E-state index is 15.3. The minimum Gasteiger partial charge on any atom is -0.459 e. The Morgan fingerprint density at radius 1 is 1.21 bits per heavy atom. The van der Waals surface area contributed by atoms with Gasteiger partial charge in [-0.05, 0) is 29.7 Å². The van der Waals surface area contributed by atoms with Gasteiger partial charge in [0.2, 0.25) is 5.79 Å². The summed E-state index contributed by atoms with van der Waals surface area (Å²) in [5.41, 5.74) is -0.780. The standard InChI is InChI=1S/C20H21FO3/c1-14-19(21)10-5-11-23-18(19)13-20(22-2,24-14)17-9-8-15-6-3-4-7-16(15)12-17/h3-4,6-9,12,18H,1,5,10-11,13H2,2H3/t18-,19?,20-/m0/s1. The summed E-state index contributed by atoms with van der Waals surface area (Å²) in [6, 6.07) is 14.1. The van der Waals surface area contributed by atoms with Gasteiger partial charge in [0.25, 0.3) is 0 Å². The third-order valence-electron chi connectivity index (χ3n) is 5.24. The second-order valence-electron chi connectivity index (χ2n) is 6.57.